The summed E-state index contributed by atoms with van der Waals surface area (Å²) in [5.74, 6) is -2.36. The molecule has 4 amide bonds. The molecule has 2 aromatic carbocycles. The molecule has 0 atom stereocenters. The quantitative estimate of drug-likeness (QED) is 0.196. The van der Waals surface area contributed by atoms with Gasteiger partial charge < -0.3 is 14.6 Å². The Balaban J connectivity index is 0.000000295. The number of aromatic nitrogens is 4. The van der Waals surface area contributed by atoms with Gasteiger partial charge in [0.05, 0.1) is 40.2 Å². The predicted molar refractivity (Wildman–Crippen MR) is 188 cm³/mol. The van der Waals surface area contributed by atoms with Crippen LogP contribution in [0.4, 0.5) is 9.59 Å². The highest BCUT2D eigenvalue weighted by Crippen LogP contribution is 2.23. The molecule has 0 bridgehead atoms. The first-order valence-electron chi connectivity index (χ1n) is 15.3. The topological polar surface area (TPSA) is 213 Å². The molecule has 0 saturated heterocycles. The van der Waals surface area contributed by atoms with E-state index in [4.69, 9.17) is 24.6 Å². The summed E-state index contributed by atoms with van der Waals surface area (Å²) in [6.45, 7) is 10.3. The smallest absolute Gasteiger partial charge is 0.419 e. The van der Waals surface area contributed by atoms with Gasteiger partial charge in [0, 0.05) is 12.4 Å². The second-order valence-corrected chi connectivity index (χ2v) is 12.9. The monoisotopic (exact) mass is 736 g/mol. The van der Waals surface area contributed by atoms with Crippen molar-refractivity contribution in [3.63, 3.8) is 0 Å². The Hall–Kier alpha value is -6.04. The molecule has 0 fully saturated rings. The summed E-state index contributed by atoms with van der Waals surface area (Å²) in [6, 6.07) is 12.8. The predicted octanol–water partition coefficient (Wildman–Crippen LogP) is 5.50. The molecule has 2 aliphatic heterocycles. The molecule has 4 heterocycles. The third-order valence-electron chi connectivity index (χ3n) is 6.51. The fourth-order valence-electron chi connectivity index (χ4n) is 4.30. The lowest BCUT2D eigenvalue weighted by atomic mass is 10.1. The molecule has 0 aliphatic carbocycles. The van der Waals surface area contributed by atoms with Gasteiger partial charge in [0.2, 0.25) is 0 Å². The van der Waals surface area contributed by atoms with Gasteiger partial charge in [0.1, 0.15) is 30.5 Å². The molecule has 284 valence electrons. The van der Waals surface area contributed by atoms with Crippen LogP contribution in [0.15, 0.2) is 73.6 Å². The van der Waals surface area contributed by atoms with Crippen LogP contribution in [0, 0.1) is 0 Å². The second-order valence-electron chi connectivity index (χ2n) is 12.9. The standard InChI is InChI=1S/C17H17N3O5.C9H14N2O3.C8H5NO3.2CH4/c1-17(2,3)25-16(23)19-8-11(18-10-19)9-24-20-14(21)12-6-4-5-7-13(12)15(20)22;1-9(2,3)14-8(13)11-4-7(5-12)10-6-11;10-7-5-3-1-2-4-6(5)8(11)9(7)12;;/h4-8,10H,9H2,1-3H3;4,6,12H,5H2,1-3H3;1-4,12H;2*1H4. The van der Waals surface area contributed by atoms with Crippen molar-refractivity contribution in [2.24, 2.45) is 0 Å². The molecule has 17 heteroatoms. The van der Waals surface area contributed by atoms with Crippen molar-refractivity contribution >= 4 is 35.8 Å². The second kappa shape index (κ2) is 17.5. The average molecular weight is 737 g/mol. The molecule has 0 spiro atoms. The van der Waals surface area contributed by atoms with Crippen molar-refractivity contribution in [1.82, 2.24) is 29.2 Å². The van der Waals surface area contributed by atoms with E-state index in [2.05, 4.69) is 9.97 Å². The first-order chi connectivity index (χ1) is 23.9. The number of amides is 4. The molecule has 0 radical (unpaired) electrons. The van der Waals surface area contributed by atoms with Crippen LogP contribution in [0.3, 0.4) is 0 Å². The molecule has 0 unspecified atom stereocenters. The molecular weight excluding hydrogens is 692 g/mol. The van der Waals surface area contributed by atoms with Gasteiger partial charge in [-0.05, 0) is 65.8 Å². The molecule has 2 N–H and O–H groups in total. The van der Waals surface area contributed by atoms with E-state index in [0.29, 0.717) is 27.6 Å². The fourth-order valence-corrected chi connectivity index (χ4v) is 4.30. The normalized spacial score (nSPS) is 13.1. The van der Waals surface area contributed by atoms with Crippen LogP contribution in [-0.2, 0) is 27.5 Å². The van der Waals surface area contributed by atoms with Crippen LogP contribution in [0.2, 0.25) is 0 Å². The Bertz CT molecular complexity index is 1900. The van der Waals surface area contributed by atoms with Gasteiger partial charge in [-0.1, -0.05) is 39.1 Å². The van der Waals surface area contributed by atoms with E-state index in [1.165, 1.54) is 46.3 Å². The highest BCUT2D eigenvalue weighted by Gasteiger charge is 2.37. The highest BCUT2D eigenvalue weighted by molar-refractivity contribution is 6.21. The number of aliphatic hydroxyl groups excluding tert-OH is 1. The van der Waals surface area contributed by atoms with E-state index in [-0.39, 0.29) is 44.3 Å². The van der Waals surface area contributed by atoms with Gasteiger partial charge in [-0.2, -0.15) is 0 Å². The summed E-state index contributed by atoms with van der Waals surface area (Å²) in [5.41, 5.74) is 0.769. The summed E-state index contributed by atoms with van der Waals surface area (Å²) in [6.07, 6.45) is 4.39. The van der Waals surface area contributed by atoms with Crippen LogP contribution in [-0.4, -0.2) is 86.6 Å². The molecular formula is C36H44N6O11. The number of imide groups is 2. The Labute approximate surface area is 306 Å². The van der Waals surface area contributed by atoms with Crippen molar-refractivity contribution < 1.29 is 53.4 Å². The zero-order valence-corrected chi connectivity index (χ0v) is 28.6. The lowest BCUT2D eigenvalue weighted by Crippen LogP contribution is -2.29. The number of imidazole rings is 2. The van der Waals surface area contributed by atoms with Crippen molar-refractivity contribution in [2.75, 3.05) is 0 Å². The Kier molecular flexibility index (Phi) is 14.2. The van der Waals surface area contributed by atoms with E-state index in [1.807, 2.05) is 0 Å². The summed E-state index contributed by atoms with van der Waals surface area (Å²) in [4.78, 5) is 82.9. The molecule has 0 saturated carbocycles. The number of aliphatic hydroxyl groups is 1. The molecule has 53 heavy (non-hydrogen) atoms. The Morgan fingerprint density at radius 1 is 0.642 bits per heavy atom. The number of rotatable bonds is 4. The SMILES string of the molecule is C.C.CC(C)(C)OC(=O)n1cnc(CO)c1.CC(C)(C)OC(=O)n1cnc(CON2C(=O)c3ccccc3C2=O)c1.O=C1c2ccccc2C(=O)N1O. The third kappa shape index (κ3) is 10.7. The molecule has 2 aromatic heterocycles. The van der Waals surface area contributed by atoms with Crippen LogP contribution in [0.25, 0.3) is 0 Å². The lowest BCUT2D eigenvalue weighted by molar-refractivity contribution is -0.101. The number of carbonyl (C=O) groups is 6. The Morgan fingerprint density at radius 3 is 1.36 bits per heavy atom. The zero-order chi connectivity index (χ0) is 37.7. The van der Waals surface area contributed by atoms with E-state index in [1.54, 1.807) is 77.9 Å². The number of hydrogen-bond donors (Lipinski definition) is 2. The molecule has 6 rings (SSSR count). The first kappa shape index (κ1) is 43.1. The van der Waals surface area contributed by atoms with Crippen molar-refractivity contribution in [1.29, 1.82) is 0 Å². The zero-order valence-electron chi connectivity index (χ0n) is 28.6. The summed E-state index contributed by atoms with van der Waals surface area (Å²) < 4.78 is 12.7. The number of hydroxylamine groups is 4. The minimum atomic E-state index is -0.657. The maximum Gasteiger partial charge on any atom is 0.419 e. The average Bonchev–Trinajstić information content (AvgIpc) is 3.84. The maximum atomic E-state index is 12.2. The number of benzene rings is 2. The van der Waals surface area contributed by atoms with Crippen molar-refractivity contribution in [3.8, 4) is 0 Å². The summed E-state index contributed by atoms with van der Waals surface area (Å²) >= 11 is 0. The number of fused-ring (bicyclic) bond motifs is 2. The van der Waals surface area contributed by atoms with E-state index >= 15 is 0 Å². The van der Waals surface area contributed by atoms with Gasteiger partial charge in [0.25, 0.3) is 23.6 Å². The van der Waals surface area contributed by atoms with Crippen LogP contribution < -0.4 is 0 Å². The number of carbonyl (C=O) groups excluding carboxylic acids is 6. The minimum Gasteiger partial charge on any atom is -0.443 e. The van der Waals surface area contributed by atoms with Gasteiger partial charge in [0.15, 0.2) is 0 Å². The van der Waals surface area contributed by atoms with E-state index in [9.17, 15) is 28.8 Å². The third-order valence-corrected chi connectivity index (χ3v) is 6.51. The number of ether oxygens (including phenoxy) is 2. The fraction of sp³-hybridized carbons (Fsp3) is 0.333. The van der Waals surface area contributed by atoms with Gasteiger partial charge in [-0.3, -0.25) is 29.2 Å². The minimum absolute atomic E-state index is 0. The Morgan fingerprint density at radius 2 is 1.00 bits per heavy atom. The van der Waals surface area contributed by atoms with Gasteiger partial charge in [-0.15, -0.1) is 10.1 Å². The van der Waals surface area contributed by atoms with E-state index in [0.717, 1.165) is 0 Å². The van der Waals surface area contributed by atoms with Crippen molar-refractivity contribution in [3.05, 3.63) is 107 Å². The molecule has 17 nitrogen and oxygen atoms in total. The first-order valence-corrected chi connectivity index (χ1v) is 15.3. The summed E-state index contributed by atoms with van der Waals surface area (Å²) in [5, 5.41) is 18.5. The molecule has 2 aliphatic rings. The number of nitrogens with zero attached hydrogens (tertiary/aromatic N) is 6. The number of hydrogen-bond acceptors (Lipinski definition) is 13. The largest absolute Gasteiger partial charge is 0.443 e. The molecule has 4 aromatic rings. The van der Waals surface area contributed by atoms with Gasteiger partial charge >= 0.3 is 12.2 Å². The van der Waals surface area contributed by atoms with Crippen LogP contribution in [0.5, 0.6) is 0 Å². The van der Waals surface area contributed by atoms with Crippen LogP contribution in [0.1, 0.15) is 109 Å². The van der Waals surface area contributed by atoms with Crippen LogP contribution >= 0.6 is 0 Å². The maximum absolute atomic E-state index is 12.2. The van der Waals surface area contributed by atoms with E-state index < -0.39 is 47.0 Å². The lowest BCUT2D eigenvalue weighted by Gasteiger charge is -2.19. The highest BCUT2D eigenvalue weighted by atomic mass is 16.7. The summed E-state index contributed by atoms with van der Waals surface area (Å²) in [7, 11) is 0. The van der Waals surface area contributed by atoms with Crippen molar-refractivity contribution in [2.45, 2.75) is 80.8 Å². The van der Waals surface area contributed by atoms with Gasteiger partial charge in [-0.25, -0.2) is 28.7 Å².